The Bertz CT molecular complexity index is 494. The van der Waals surface area contributed by atoms with Crippen molar-refractivity contribution in [3.8, 4) is 0 Å². The van der Waals surface area contributed by atoms with E-state index in [2.05, 4.69) is 10.4 Å². The van der Waals surface area contributed by atoms with Crippen LogP contribution >= 0.6 is 0 Å². The molecule has 102 valence electrons. The molecule has 1 aromatic carbocycles. The van der Waals surface area contributed by atoms with Gasteiger partial charge in [-0.05, 0) is 23.8 Å². The van der Waals surface area contributed by atoms with Gasteiger partial charge in [-0.25, -0.2) is 4.99 Å². The molecular weight excluding hydrogens is 259 g/mol. The zero-order chi connectivity index (χ0) is 13.9. The number of aliphatic hydroxyl groups is 1. The molecule has 0 atom stereocenters. The molecule has 4 nitrogen and oxygen atoms in total. The Balaban J connectivity index is 2.07. The van der Waals surface area contributed by atoms with Crippen LogP contribution in [0.2, 0.25) is 0 Å². The van der Waals surface area contributed by atoms with E-state index in [0.717, 1.165) is 12.1 Å². The van der Waals surface area contributed by atoms with Gasteiger partial charge in [0.2, 0.25) is 0 Å². The van der Waals surface area contributed by atoms with Crippen LogP contribution in [0.4, 0.5) is 13.2 Å². The van der Waals surface area contributed by atoms with Crippen LogP contribution in [0.25, 0.3) is 6.08 Å². The minimum Gasteiger partial charge on any atom is -0.394 e. The zero-order valence-corrected chi connectivity index (χ0v) is 9.85. The summed E-state index contributed by atoms with van der Waals surface area (Å²) in [6.45, 7) is 0.362. The first-order valence-corrected chi connectivity index (χ1v) is 5.56. The van der Waals surface area contributed by atoms with Crippen molar-refractivity contribution < 1.29 is 18.3 Å². The Labute approximate surface area is 107 Å². The van der Waals surface area contributed by atoms with Gasteiger partial charge in [0.25, 0.3) is 0 Å². The number of hydrazine groups is 1. The topological polar surface area (TPSA) is 47.9 Å². The van der Waals surface area contributed by atoms with Crippen molar-refractivity contribution in [3.05, 3.63) is 41.2 Å². The number of halogens is 3. The van der Waals surface area contributed by atoms with Crippen molar-refractivity contribution >= 4 is 12.4 Å². The number of nitrogens with one attached hydrogen (secondary N) is 1. The lowest BCUT2D eigenvalue weighted by Crippen LogP contribution is -2.32. The van der Waals surface area contributed by atoms with Gasteiger partial charge in [0.1, 0.15) is 12.2 Å². The number of benzene rings is 1. The second-order valence-corrected chi connectivity index (χ2v) is 3.92. The van der Waals surface area contributed by atoms with Gasteiger partial charge in [-0.3, -0.25) is 10.4 Å². The van der Waals surface area contributed by atoms with Gasteiger partial charge in [0, 0.05) is 0 Å². The van der Waals surface area contributed by atoms with E-state index >= 15 is 0 Å². The summed E-state index contributed by atoms with van der Waals surface area (Å²) in [6, 6.07) is 4.80. The van der Waals surface area contributed by atoms with Crippen molar-refractivity contribution in [3.63, 3.8) is 0 Å². The summed E-state index contributed by atoms with van der Waals surface area (Å²) in [7, 11) is 0. The number of nitrogens with zero attached hydrogens (tertiary/aromatic N) is 2. The van der Waals surface area contributed by atoms with E-state index in [4.69, 9.17) is 5.11 Å². The number of aliphatic hydroxyl groups excluding tert-OH is 1. The van der Waals surface area contributed by atoms with Gasteiger partial charge in [-0.15, -0.1) is 0 Å². The molecule has 1 aliphatic rings. The van der Waals surface area contributed by atoms with Crippen molar-refractivity contribution in [1.82, 2.24) is 10.4 Å². The highest BCUT2D eigenvalue weighted by Gasteiger charge is 2.29. The van der Waals surface area contributed by atoms with Crippen LogP contribution in [0.15, 0.2) is 35.1 Å². The average Bonchev–Trinajstić information content (AvgIpc) is 2.77. The highest BCUT2D eigenvalue weighted by Crippen LogP contribution is 2.29. The molecule has 0 aliphatic carbocycles. The quantitative estimate of drug-likeness (QED) is 0.882. The molecule has 1 aliphatic heterocycles. The van der Waals surface area contributed by atoms with E-state index in [1.54, 1.807) is 11.1 Å². The van der Waals surface area contributed by atoms with Gasteiger partial charge < -0.3 is 5.11 Å². The number of alkyl halides is 3. The van der Waals surface area contributed by atoms with Crippen molar-refractivity contribution in [2.45, 2.75) is 6.18 Å². The summed E-state index contributed by atoms with van der Waals surface area (Å²) in [5.41, 5.74) is 2.80. The maximum Gasteiger partial charge on any atom is 0.416 e. The summed E-state index contributed by atoms with van der Waals surface area (Å²) >= 11 is 0. The third-order valence-electron chi connectivity index (χ3n) is 2.48. The summed E-state index contributed by atoms with van der Waals surface area (Å²) in [5.74, 6) is 0.508. The Hall–Kier alpha value is -2.02. The van der Waals surface area contributed by atoms with E-state index in [1.165, 1.54) is 18.5 Å². The Morgan fingerprint density at radius 3 is 2.53 bits per heavy atom. The highest BCUT2D eigenvalue weighted by molar-refractivity contribution is 5.64. The predicted molar refractivity (Wildman–Crippen MR) is 64.8 cm³/mol. The van der Waals surface area contributed by atoms with E-state index in [9.17, 15) is 13.2 Å². The standard InChI is InChI=1S/C12H12F3N3O/c13-12(14,15)10-3-1-9(2-4-10)7-11-16-8-18(17-11)5-6-19/h1-4,7-8,17,19H,5-6H2. The summed E-state index contributed by atoms with van der Waals surface area (Å²) in [6.07, 6.45) is -1.20. The molecule has 2 N–H and O–H groups in total. The van der Waals surface area contributed by atoms with Gasteiger partial charge in [0.05, 0.1) is 18.7 Å². The lowest BCUT2D eigenvalue weighted by atomic mass is 10.1. The molecule has 1 aromatic rings. The molecule has 0 amide bonds. The summed E-state index contributed by atoms with van der Waals surface area (Å²) in [5, 5.41) is 10.3. The lowest BCUT2D eigenvalue weighted by Gasteiger charge is -2.13. The number of hydrogen-bond donors (Lipinski definition) is 2. The summed E-state index contributed by atoms with van der Waals surface area (Å²) in [4.78, 5) is 4.02. The first kappa shape index (κ1) is 13.4. The van der Waals surface area contributed by atoms with E-state index in [-0.39, 0.29) is 6.61 Å². The van der Waals surface area contributed by atoms with Crippen LogP contribution in [-0.2, 0) is 6.18 Å². The number of aliphatic imine (C=N–C) groups is 1. The molecule has 0 radical (unpaired) electrons. The maximum atomic E-state index is 12.4. The second-order valence-electron chi connectivity index (χ2n) is 3.92. The van der Waals surface area contributed by atoms with Crippen LogP contribution in [0.5, 0.6) is 0 Å². The Kier molecular flexibility index (Phi) is 3.75. The summed E-state index contributed by atoms with van der Waals surface area (Å²) < 4.78 is 37.1. The molecule has 0 fully saturated rings. The van der Waals surface area contributed by atoms with Crippen LogP contribution in [0, 0.1) is 0 Å². The molecule has 7 heteroatoms. The number of β-amino-alcohol motifs (C(OH)–C–C–N with tert-alkyl or cyclic N) is 1. The molecule has 1 heterocycles. The van der Waals surface area contributed by atoms with E-state index < -0.39 is 11.7 Å². The number of hydrogen-bond acceptors (Lipinski definition) is 4. The molecule has 0 bridgehead atoms. The Morgan fingerprint density at radius 2 is 1.95 bits per heavy atom. The molecule has 0 saturated heterocycles. The van der Waals surface area contributed by atoms with Crippen LogP contribution in [0.1, 0.15) is 11.1 Å². The Morgan fingerprint density at radius 1 is 1.26 bits per heavy atom. The molecule has 0 unspecified atom stereocenters. The predicted octanol–water partition coefficient (Wildman–Crippen LogP) is 1.84. The zero-order valence-electron chi connectivity index (χ0n) is 9.85. The minimum atomic E-state index is -4.33. The van der Waals surface area contributed by atoms with Crippen LogP contribution in [0.3, 0.4) is 0 Å². The van der Waals surface area contributed by atoms with Gasteiger partial charge >= 0.3 is 6.18 Å². The first-order valence-electron chi connectivity index (χ1n) is 5.56. The molecule has 0 saturated carbocycles. The third kappa shape index (κ3) is 3.47. The SMILES string of the molecule is OCCN1C=NC(=Cc2ccc(C(F)(F)F)cc2)N1. The largest absolute Gasteiger partial charge is 0.416 e. The first-order chi connectivity index (χ1) is 8.99. The smallest absolute Gasteiger partial charge is 0.394 e. The molecule has 0 aromatic heterocycles. The molecule has 19 heavy (non-hydrogen) atoms. The molecule has 2 rings (SSSR count). The van der Waals surface area contributed by atoms with Crippen LogP contribution < -0.4 is 5.43 Å². The van der Waals surface area contributed by atoms with Gasteiger partial charge in [-0.2, -0.15) is 13.2 Å². The van der Waals surface area contributed by atoms with E-state index in [1.807, 2.05) is 0 Å². The monoisotopic (exact) mass is 271 g/mol. The highest BCUT2D eigenvalue weighted by atomic mass is 19.4. The minimum absolute atomic E-state index is 0.0213. The second kappa shape index (κ2) is 5.31. The average molecular weight is 271 g/mol. The lowest BCUT2D eigenvalue weighted by molar-refractivity contribution is -0.137. The third-order valence-corrected chi connectivity index (χ3v) is 2.48. The van der Waals surface area contributed by atoms with Crippen molar-refractivity contribution in [1.29, 1.82) is 0 Å². The van der Waals surface area contributed by atoms with Crippen LogP contribution in [-0.4, -0.2) is 29.6 Å². The molecular formula is C12H12F3N3O. The van der Waals surface area contributed by atoms with Gasteiger partial charge in [0.15, 0.2) is 0 Å². The maximum absolute atomic E-state index is 12.4. The van der Waals surface area contributed by atoms with Crippen molar-refractivity contribution in [2.75, 3.05) is 13.2 Å². The fraction of sp³-hybridized carbons (Fsp3) is 0.250. The van der Waals surface area contributed by atoms with Gasteiger partial charge in [-0.1, -0.05) is 12.1 Å². The van der Waals surface area contributed by atoms with E-state index in [0.29, 0.717) is 17.9 Å². The molecule has 0 spiro atoms. The normalized spacial score (nSPS) is 17.1. The fourth-order valence-corrected chi connectivity index (χ4v) is 1.55. The number of rotatable bonds is 3. The fourth-order valence-electron chi connectivity index (χ4n) is 1.55. The van der Waals surface area contributed by atoms with Crippen molar-refractivity contribution in [2.24, 2.45) is 4.99 Å².